The maximum atomic E-state index is 13.4. The van der Waals surface area contributed by atoms with Crippen LogP contribution in [0, 0.1) is 11.6 Å². The van der Waals surface area contributed by atoms with Crippen molar-refractivity contribution in [3.8, 4) is 0 Å². The molecule has 1 amide bonds. The maximum Gasteiger partial charge on any atom is 0.234 e. The lowest BCUT2D eigenvalue weighted by Crippen LogP contribution is -2.14. The normalized spacial score (nSPS) is 10.4. The van der Waals surface area contributed by atoms with Crippen LogP contribution in [0.2, 0.25) is 5.02 Å². The number of thioether (sulfide) groups is 1. The number of rotatable bonds is 4. The van der Waals surface area contributed by atoms with Crippen molar-refractivity contribution in [1.82, 2.24) is 0 Å². The molecule has 0 atom stereocenters. The fraction of sp³-hybridized carbons (Fsp3) is 0.0714. The summed E-state index contributed by atoms with van der Waals surface area (Å²) in [5, 5.41) is 3.01. The Hall–Kier alpha value is -1.79. The van der Waals surface area contributed by atoms with Crippen LogP contribution in [0.15, 0.2) is 41.3 Å². The quantitative estimate of drug-likeness (QED) is 0.660. The van der Waals surface area contributed by atoms with Crippen LogP contribution in [0.5, 0.6) is 0 Å². The zero-order valence-electron chi connectivity index (χ0n) is 10.7. The number of hydrogen-bond donors (Lipinski definition) is 2. The van der Waals surface area contributed by atoms with Crippen molar-refractivity contribution in [3.05, 3.63) is 53.1 Å². The Morgan fingerprint density at radius 2 is 2.00 bits per heavy atom. The van der Waals surface area contributed by atoms with E-state index < -0.39 is 11.6 Å². The fourth-order valence-electron chi connectivity index (χ4n) is 1.55. The van der Waals surface area contributed by atoms with Gasteiger partial charge in [-0.3, -0.25) is 4.79 Å². The molecule has 0 unspecified atom stereocenters. The van der Waals surface area contributed by atoms with Gasteiger partial charge in [0.2, 0.25) is 5.91 Å². The van der Waals surface area contributed by atoms with Gasteiger partial charge in [0.15, 0.2) is 0 Å². The number of nitrogens with one attached hydrogen (secondary N) is 1. The van der Waals surface area contributed by atoms with E-state index in [1.165, 1.54) is 12.1 Å². The zero-order valence-corrected chi connectivity index (χ0v) is 12.3. The van der Waals surface area contributed by atoms with Gasteiger partial charge in [0, 0.05) is 16.6 Å². The van der Waals surface area contributed by atoms with Gasteiger partial charge in [0.05, 0.1) is 16.5 Å². The highest BCUT2D eigenvalue weighted by atomic mass is 35.5. The lowest BCUT2D eigenvalue weighted by molar-refractivity contribution is -0.113. The number of anilines is 2. The summed E-state index contributed by atoms with van der Waals surface area (Å²) in [4.78, 5) is 12.0. The fourth-order valence-corrected chi connectivity index (χ4v) is 2.39. The summed E-state index contributed by atoms with van der Waals surface area (Å²) in [5.41, 5.74) is 6.48. The molecule has 3 N–H and O–H groups in total. The molecule has 21 heavy (non-hydrogen) atoms. The monoisotopic (exact) mass is 328 g/mol. The van der Waals surface area contributed by atoms with E-state index in [2.05, 4.69) is 5.32 Å². The summed E-state index contributed by atoms with van der Waals surface area (Å²) in [5.74, 6) is -1.68. The summed E-state index contributed by atoms with van der Waals surface area (Å²) in [7, 11) is 0. The van der Waals surface area contributed by atoms with Crippen molar-refractivity contribution in [2.45, 2.75) is 4.90 Å². The standard InChI is InChI=1S/C14H11ClF2N2OS/c15-10-3-2-9(6-12(10)18)19-14(20)7-21-13-4-1-8(16)5-11(13)17/h1-6H,7,18H2,(H,19,20). The first kappa shape index (κ1) is 15.6. The molecule has 3 nitrogen and oxygen atoms in total. The minimum absolute atomic E-state index is 0.00885. The second kappa shape index (κ2) is 6.78. The third-order valence-corrected chi connectivity index (χ3v) is 3.93. The Kier molecular flexibility index (Phi) is 5.03. The Bertz CT molecular complexity index is 682. The number of hydrogen-bond acceptors (Lipinski definition) is 3. The van der Waals surface area contributed by atoms with Gasteiger partial charge in [-0.05, 0) is 30.3 Å². The molecule has 0 aromatic heterocycles. The first-order valence-electron chi connectivity index (χ1n) is 5.88. The van der Waals surface area contributed by atoms with E-state index >= 15 is 0 Å². The SMILES string of the molecule is Nc1cc(NC(=O)CSc2ccc(F)cc2F)ccc1Cl. The molecule has 0 aliphatic carbocycles. The van der Waals surface area contributed by atoms with Crippen LogP contribution in [-0.2, 0) is 4.79 Å². The summed E-state index contributed by atoms with van der Waals surface area (Å²) in [6.45, 7) is 0. The van der Waals surface area contributed by atoms with Crippen LogP contribution < -0.4 is 11.1 Å². The molecule has 0 spiro atoms. The Labute approximate surface area is 129 Å². The minimum atomic E-state index is -0.691. The van der Waals surface area contributed by atoms with Gasteiger partial charge in [-0.15, -0.1) is 11.8 Å². The smallest absolute Gasteiger partial charge is 0.234 e. The van der Waals surface area contributed by atoms with Gasteiger partial charge >= 0.3 is 0 Å². The summed E-state index contributed by atoms with van der Waals surface area (Å²) >= 11 is 6.75. The van der Waals surface area contributed by atoms with E-state index in [0.29, 0.717) is 16.4 Å². The molecule has 7 heteroatoms. The summed E-state index contributed by atoms with van der Waals surface area (Å²) < 4.78 is 26.2. The third kappa shape index (κ3) is 4.34. The molecule has 0 saturated heterocycles. The highest BCUT2D eigenvalue weighted by Crippen LogP contribution is 2.24. The average molecular weight is 329 g/mol. The molecule has 0 fully saturated rings. The number of amides is 1. The van der Waals surface area contributed by atoms with Crippen LogP contribution >= 0.6 is 23.4 Å². The van der Waals surface area contributed by atoms with E-state index in [1.807, 2.05) is 0 Å². The molecule has 0 saturated carbocycles. The average Bonchev–Trinajstić information content (AvgIpc) is 2.42. The van der Waals surface area contributed by atoms with E-state index in [-0.39, 0.29) is 16.6 Å². The van der Waals surface area contributed by atoms with Crippen LogP contribution in [0.4, 0.5) is 20.2 Å². The molecule has 0 heterocycles. The minimum Gasteiger partial charge on any atom is -0.397 e. The Morgan fingerprint density at radius 1 is 1.24 bits per heavy atom. The molecule has 110 valence electrons. The predicted octanol–water partition coefficient (Wildman–Crippen LogP) is 3.93. The largest absolute Gasteiger partial charge is 0.397 e. The Morgan fingerprint density at radius 3 is 2.67 bits per heavy atom. The highest BCUT2D eigenvalue weighted by Gasteiger charge is 2.09. The van der Waals surface area contributed by atoms with Crippen molar-refractivity contribution in [2.75, 3.05) is 16.8 Å². The van der Waals surface area contributed by atoms with Gasteiger partial charge in [0.1, 0.15) is 11.6 Å². The van der Waals surface area contributed by atoms with Crippen molar-refractivity contribution in [3.63, 3.8) is 0 Å². The van der Waals surface area contributed by atoms with Gasteiger partial charge in [-0.1, -0.05) is 11.6 Å². The molecule has 0 radical (unpaired) electrons. The van der Waals surface area contributed by atoms with Gasteiger partial charge < -0.3 is 11.1 Å². The van der Waals surface area contributed by atoms with Crippen molar-refractivity contribution in [1.29, 1.82) is 0 Å². The third-order valence-electron chi connectivity index (χ3n) is 2.53. The van der Waals surface area contributed by atoms with Crippen LogP contribution in [0.3, 0.4) is 0 Å². The molecule has 0 aliphatic rings. The summed E-state index contributed by atoms with van der Waals surface area (Å²) in [6, 6.07) is 7.93. The summed E-state index contributed by atoms with van der Waals surface area (Å²) in [6.07, 6.45) is 0. The van der Waals surface area contributed by atoms with E-state index in [4.69, 9.17) is 17.3 Å². The molecule has 2 aromatic carbocycles. The molecule has 0 bridgehead atoms. The van der Waals surface area contributed by atoms with E-state index in [9.17, 15) is 13.6 Å². The second-order valence-electron chi connectivity index (χ2n) is 4.15. The number of nitrogen functional groups attached to an aromatic ring is 1. The first-order chi connectivity index (χ1) is 9.95. The zero-order chi connectivity index (χ0) is 15.4. The van der Waals surface area contributed by atoms with Gasteiger partial charge in [0.25, 0.3) is 0 Å². The molecule has 2 aromatic rings. The molecular weight excluding hydrogens is 318 g/mol. The first-order valence-corrected chi connectivity index (χ1v) is 7.25. The number of halogens is 3. The van der Waals surface area contributed by atoms with Gasteiger partial charge in [-0.2, -0.15) is 0 Å². The number of carbonyl (C=O) groups excluding carboxylic acids is 1. The lowest BCUT2D eigenvalue weighted by atomic mass is 10.3. The van der Waals surface area contributed by atoms with Crippen molar-refractivity contribution < 1.29 is 13.6 Å². The van der Waals surface area contributed by atoms with Crippen molar-refractivity contribution in [2.24, 2.45) is 0 Å². The van der Waals surface area contributed by atoms with Crippen LogP contribution in [-0.4, -0.2) is 11.7 Å². The van der Waals surface area contributed by atoms with Gasteiger partial charge in [-0.25, -0.2) is 8.78 Å². The number of benzene rings is 2. The predicted molar refractivity (Wildman–Crippen MR) is 81.6 cm³/mol. The topological polar surface area (TPSA) is 55.1 Å². The van der Waals surface area contributed by atoms with E-state index in [1.54, 1.807) is 12.1 Å². The molecule has 2 rings (SSSR count). The number of carbonyl (C=O) groups is 1. The lowest BCUT2D eigenvalue weighted by Gasteiger charge is -2.07. The van der Waals surface area contributed by atoms with Crippen LogP contribution in [0.1, 0.15) is 0 Å². The maximum absolute atomic E-state index is 13.4. The van der Waals surface area contributed by atoms with Crippen molar-refractivity contribution >= 4 is 40.6 Å². The van der Waals surface area contributed by atoms with Crippen LogP contribution in [0.25, 0.3) is 0 Å². The van der Waals surface area contributed by atoms with E-state index in [0.717, 1.165) is 23.9 Å². The highest BCUT2D eigenvalue weighted by molar-refractivity contribution is 8.00. The molecule has 0 aliphatic heterocycles. The number of nitrogens with two attached hydrogens (primary N) is 1. The molecular formula is C14H11ClF2N2OS. The second-order valence-corrected chi connectivity index (χ2v) is 5.57. The Balaban J connectivity index is 1.94.